The third-order valence-corrected chi connectivity index (χ3v) is 3.70. The molecule has 3 heterocycles. The summed E-state index contributed by atoms with van der Waals surface area (Å²) in [7, 11) is 2.17. The first-order chi connectivity index (χ1) is 8.24. The second-order valence-electron chi connectivity index (χ2n) is 4.70. The Labute approximate surface area is 117 Å². The highest BCUT2D eigenvalue weighted by molar-refractivity contribution is 6.29. The standard InChI is InChI=1S/C12H15ClN4.ClH/c1-16-5-3-10(4-6-16)17-7-2-9-8-11(13)14-15-12(9)17;/h2,7-8,10H,3-6H2,1H3;1H. The minimum absolute atomic E-state index is 0. The van der Waals surface area contributed by atoms with Crippen LogP contribution in [0.5, 0.6) is 0 Å². The third kappa shape index (κ3) is 2.46. The van der Waals surface area contributed by atoms with Crippen LogP contribution in [0.4, 0.5) is 0 Å². The summed E-state index contributed by atoms with van der Waals surface area (Å²) in [4.78, 5) is 2.37. The van der Waals surface area contributed by atoms with Gasteiger partial charge in [-0.3, -0.25) is 0 Å². The highest BCUT2D eigenvalue weighted by Crippen LogP contribution is 2.26. The molecule has 4 nitrogen and oxygen atoms in total. The largest absolute Gasteiger partial charge is 0.328 e. The maximum absolute atomic E-state index is 5.84. The summed E-state index contributed by atoms with van der Waals surface area (Å²) in [6.45, 7) is 2.29. The third-order valence-electron chi connectivity index (χ3n) is 3.51. The lowest BCUT2D eigenvalue weighted by Crippen LogP contribution is -2.31. The average molecular weight is 287 g/mol. The molecule has 3 rings (SSSR count). The number of likely N-dealkylation sites (tertiary alicyclic amines) is 1. The summed E-state index contributed by atoms with van der Waals surface area (Å²) >= 11 is 5.84. The molecular weight excluding hydrogens is 271 g/mol. The van der Waals surface area contributed by atoms with Crippen molar-refractivity contribution >= 4 is 35.0 Å². The maximum Gasteiger partial charge on any atom is 0.162 e. The predicted octanol–water partition coefficient (Wildman–Crippen LogP) is 2.77. The molecule has 0 spiro atoms. The predicted molar refractivity (Wildman–Crippen MR) is 75.6 cm³/mol. The van der Waals surface area contributed by atoms with Crippen LogP contribution in [-0.2, 0) is 0 Å². The Hall–Kier alpha value is -0.840. The van der Waals surface area contributed by atoms with Gasteiger partial charge in [-0.1, -0.05) is 11.6 Å². The molecule has 0 atom stereocenters. The number of hydrogen-bond acceptors (Lipinski definition) is 3. The summed E-state index contributed by atoms with van der Waals surface area (Å²) in [5, 5.41) is 9.67. The van der Waals surface area contributed by atoms with Crippen LogP contribution in [0.15, 0.2) is 18.3 Å². The Bertz CT molecular complexity index is 532. The molecule has 0 N–H and O–H groups in total. The lowest BCUT2D eigenvalue weighted by molar-refractivity contribution is 0.223. The van der Waals surface area contributed by atoms with Crippen LogP contribution in [0.1, 0.15) is 18.9 Å². The smallest absolute Gasteiger partial charge is 0.162 e. The van der Waals surface area contributed by atoms with E-state index in [1.54, 1.807) is 0 Å². The number of piperidine rings is 1. The van der Waals surface area contributed by atoms with E-state index in [-0.39, 0.29) is 12.4 Å². The Morgan fingerprint density at radius 2 is 2.00 bits per heavy atom. The van der Waals surface area contributed by atoms with Crippen molar-refractivity contribution in [3.8, 4) is 0 Å². The zero-order chi connectivity index (χ0) is 11.8. The highest BCUT2D eigenvalue weighted by Gasteiger charge is 2.19. The molecule has 0 saturated carbocycles. The van der Waals surface area contributed by atoms with E-state index < -0.39 is 0 Å². The number of rotatable bonds is 1. The van der Waals surface area contributed by atoms with Gasteiger partial charge in [0.25, 0.3) is 0 Å². The quantitative estimate of drug-likeness (QED) is 0.808. The van der Waals surface area contributed by atoms with Gasteiger partial charge in [-0.2, -0.15) is 0 Å². The van der Waals surface area contributed by atoms with Crippen molar-refractivity contribution in [1.82, 2.24) is 19.7 Å². The second kappa shape index (κ2) is 5.43. The van der Waals surface area contributed by atoms with Crippen LogP contribution in [0.2, 0.25) is 5.15 Å². The molecule has 0 radical (unpaired) electrons. The second-order valence-corrected chi connectivity index (χ2v) is 5.09. The van der Waals surface area contributed by atoms with E-state index in [0.29, 0.717) is 11.2 Å². The van der Waals surface area contributed by atoms with Gasteiger partial charge in [0.2, 0.25) is 0 Å². The zero-order valence-corrected chi connectivity index (χ0v) is 11.8. The normalized spacial score (nSPS) is 17.9. The van der Waals surface area contributed by atoms with Crippen molar-refractivity contribution in [1.29, 1.82) is 0 Å². The van der Waals surface area contributed by atoms with Crippen LogP contribution in [0.25, 0.3) is 11.0 Å². The molecule has 1 fully saturated rings. The molecule has 2 aromatic rings. The van der Waals surface area contributed by atoms with E-state index in [9.17, 15) is 0 Å². The SMILES string of the molecule is CN1CCC(n2ccc3cc(Cl)nnc32)CC1.Cl. The van der Waals surface area contributed by atoms with Crippen molar-refractivity contribution in [3.05, 3.63) is 23.5 Å². The molecule has 1 saturated heterocycles. The lowest BCUT2D eigenvalue weighted by Gasteiger charge is -2.30. The van der Waals surface area contributed by atoms with Crippen LogP contribution in [-0.4, -0.2) is 39.8 Å². The van der Waals surface area contributed by atoms with Crippen molar-refractivity contribution < 1.29 is 0 Å². The fourth-order valence-corrected chi connectivity index (χ4v) is 2.65. The van der Waals surface area contributed by atoms with Gasteiger partial charge in [0.05, 0.1) is 0 Å². The molecule has 0 aromatic carbocycles. The van der Waals surface area contributed by atoms with Crippen molar-refractivity contribution in [3.63, 3.8) is 0 Å². The van der Waals surface area contributed by atoms with Crippen molar-refractivity contribution in [2.75, 3.05) is 20.1 Å². The summed E-state index contributed by atoms with van der Waals surface area (Å²) in [5.74, 6) is 0. The van der Waals surface area contributed by atoms with Gasteiger partial charge < -0.3 is 9.47 Å². The number of halogens is 2. The minimum Gasteiger partial charge on any atom is -0.328 e. The summed E-state index contributed by atoms with van der Waals surface area (Å²) < 4.78 is 2.24. The lowest BCUT2D eigenvalue weighted by atomic mass is 10.1. The van der Waals surface area contributed by atoms with E-state index >= 15 is 0 Å². The maximum atomic E-state index is 5.84. The zero-order valence-electron chi connectivity index (χ0n) is 10.2. The highest BCUT2D eigenvalue weighted by atomic mass is 35.5. The van der Waals surface area contributed by atoms with E-state index in [0.717, 1.165) is 24.1 Å². The molecule has 98 valence electrons. The fraction of sp³-hybridized carbons (Fsp3) is 0.500. The Morgan fingerprint density at radius 1 is 1.28 bits per heavy atom. The molecule has 0 amide bonds. The molecule has 1 aliphatic heterocycles. The monoisotopic (exact) mass is 286 g/mol. The number of fused-ring (bicyclic) bond motifs is 1. The number of nitrogens with zero attached hydrogens (tertiary/aromatic N) is 4. The van der Waals surface area contributed by atoms with Gasteiger partial charge >= 0.3 is 0 Å². The topological polar surface area (TPSA) is 34.0 Å². The summed E-state index contributed by atoms with van der Waals surface area (Å²) in [5.41, 5.74) is 0.948. The molecular formula is C12H16Cl2N4. The Morgan fingerprint density at radius 3 is 2.72 bits per heavy atom. The first-order valence-electron chi connectivity index (χ1n) is 5.92. The molecule has 1 aliphatic rings. The van der Waals surface area contributed by atoms with Gasteiger partial charge in [-0.25, -0.2) is 0 Å². The van der Waals surface area contributed by atoms with Crippen molar-refractivity contribution in [2.45, 2.75) is 18.9 Å². The molecule has 18 heavy (non-hydrogen) atoms. The van der Waals surface area contributed by atoms with E-state index in [1.807, 2.05) is 6.07 Å². The van der Waals surface area contributed by atoms with E-state index in [1.165, 1.54) is 12.8 Å². The first-order valence-corrected chi connectivity index (χ1v) is 6.30. The summed E-state index contributed by atoms with van der Waals surface area (Å²) in [6, 6.07) is 4.47. The summed E-state index contributed by atoms with van der Waals surface area (Å²) in [6.07, 6.45) is 4.45. The van der Waals surface area contributed by atoms with Crippen LogP contribution < -0.4 is 0 Å². The first kappa shape index (κ1) is 13.6. The average Bonchev–Trinajstić information content (AvgIpc) is 2.73. The van der Waals surface area contributed by atoms with Gasteiger partial charge in [0.1, 0.15) is 0 Å². The molecule has 2 aromatic heterocycles. The van der Waals surface area contributed by atoms with Gasteiger partial charge in [0.15, 0.2) is 10.8 Å². The van der Waals surface area contributed by atoms with Crippen LogP contribution >= 0.6 is 24.0 Å². The molecule has 0 aliphatic carbocycles. The van der Waals surface area contributed by atoms with E-state index in [2.05, 4.69) is 39.0 Å². The Balaban J connectivity index is 0.00000120. The van der Waals surface area contributed by atoms with Crippen molar-refractivity contribution in [2.24, 2.45) is 0 Å². The molecule has 6 heteroatoms. The van der Waals surface area contributed by atoms with Gasteiger partial charge in [-0.15, -0.1) is 22.6 Å². The van der Waals surface area contributed by atoms with E-state index in [4.69, 9.17) is 11.6 Å². The molecule has 0 bridgehead atoms. The van der Waals surface area contributed by atoms with Crippen LogP contribution in [0.3, 0.4) is 0 Å². The minimum atomic E-state index is 0. The molecule has 0 unspecified atom stereocenters. The van der Waals surface area contributed by atoms with Gasteiger partial charge in [-0.05, 0) is 45.1 Å². The number of hydrogen-bond donors (Lipinski definition) is 0. The Kier molecular flexibility index (Phi) is 4.10. The van der Waals surface area contributed by atoms with Crippen LogP contribution in [0, 0.1) is 0 Å². The number of aromatic nitrogens is 3. The van der Waals surface area contributed by atoms with Gasteiger partial charge in [0, 0.05) is 17.6 Å². The fourth-order valence-electron chi connectivity index (χ4n) is 2.50.